The molecular weight excluding hydrogens is 504 g/mol. The molecule has 38 heavy (non-hydrogen) atoms. The molecule has 3 aromatic rings. The summed E-state index contributed by atoms with van der Waals surface area (Å²) in [5.41, 5.74) is 1.30. The third-order valence-electron chi connectivity index (χ3n) is 6.99. The minimum absolute atomic E-state index is 0.0621. The number of carbonyl (C=O) groups is 1. The Kier molecular flexibility index (Phi) is 9.22. The van der Waals surface area contributed by atoms with Crippen molar-refractivity contribution in [3.63, 3.8) is 0 Å². The number of benzene rings is 1. The van der Waals surface area contributed by atoms with Gasteiger partial charge in [-0.1, -0.05) is 31.9 Å². The normalized spacial score (nSPS) is 15.7. The fourth-order valence-corrected chi connectivity index (χ4v) is 4.78. The van der Waals surface area contributed by atoms with Crippen molar-refractivity contribution in [3.8, 4) is 5.75 Å². The second kappa shape index (κ2) is 12.6. The molecule has 1 N–H and O–H groups in total. The fraction of sp³-hybridized carbons (Fsp3) is 0.500. The van der Waals surface area contributed by atoms with E-state index in [4.69, 9.17) is 21.3 Å². The molecule has 1 aliphatic rings. The maximum absolute atomic E-state index is 13.2. The zero-order chi connectivity index (χ0) is 27.2. The molecule has 4 rings (SSSR count). The Bertz CT molecular complexity index is 1340. The van der Waals surface area contributed by atoms with Gasteiger partial charge in [0, 0.05) is 43.7 Å². The number of pyridine rings is 1. The Morgan fingerprint density at radius 2 is 2.08 bits per heavy atom. The molecule has 1 aliphatic heterocycles. The van der Waals surface area contributed by atoms with Crippen LogP contribution in [0.25, 0.3) is 10.9 Å². The number of piperidine rings is 1. The lowest BCUT2D eigenvalue weighted by atomic mass is 9.96. The summed E-state index contributed by atoms with van der Waals surface area (Å²) >= 11 is 6.48. The van der Waals surface area contributed by atoms with Crippen molar-refractivity contribution in [2.45, 2.75) is 46.1 Å². The summed E-state index contributed by atoms with van der Waals surface area (Å²) in [5.74, 6) is 1.94. The summed E-state index contributed by atoms with van der Waals surface area (Å²) in [6.07, 6.45) is 5.50. The van der Waals surface area contributed by atoms with Crippen LogP contribution in [-0.2, 0) is 11.3 Å². The van der Waals surface area contributed by atoms with E-state index in [1.54, 1.807) is 23.8 Å². The molecule has 204 valence electrons. The Labute approximate surface area is 228 Å². The number of rotatable bonds is 11. The first kappa shape index (κ1) is 27.9. The van der Waals surface area contributed by atoms with Crippen LogP contribution in [0, 0.1) is 5.92 Å². The van der Waals surface area contributed by atoms with Gasteiger partial charge in [0.05, 0.1) is 11.7 Å². The molecule has 1 saturated heterocycles. The van der Waals surface area contributed by atoms with Crippen LogP contribution in [0.1, 0.15) is 39.5 Å². The smallest absolute Gasteiger partial charge is 0.293 e. The van der Waals surface area contributed by atoms with Crippen LogP contribution in [0.5, 0.6) is 5.75 Å². The number of carbonyl (C=O) groups excluding carboxylic acids is 1. The molecule has 0 bridgehead atoms. The second-order valence-electron chi connectivity index (χ2n) is 10.1. The summed E-state index contributed by atoms with van der Waals surface area (Å²) in [6.45, 7) is 6.92. The van der Waals surface area contributed by atoms with Gasteiger partial charge in [-0.05, 0) is 57.1 Å². The molecule has 1 aromatic carbocycles. The quantitative estimate of drug-likeness (QED) is 0.373. The maximum atomic E-state index is 13.2. The number of nitrogens with zero attached hydrogens (tertiary/aromatic N) is 5. The lowest BCUT2D eigenvalue weighted by Crippen LogP contribution is -2.36. The number of aromatic nitrogens is 3. The number of nitrogens with one attached hydrogen (secondary N) is 1. The number of fused-ring (bicyclic) bond motifs is 1. The largest absolute Gasteiger partial charge is 0.480 e. The van der Waals surface area contributed by atoms with Gasteiger partial charge in [-0.2, -0.15) is 4.98 Å². The first-order chi connectivity index (χ1) is 18.3. The van der Waals surface area contributed by atoms with Crippen LogP contribution in [-0.4, -0.2) is 65.6 Å². The van der Waals surface area contributed by atoms with Crippen molar-refractivity contribution in [2.75, 3.05) is 50.6 Å². The molecule has 0 amide bonds. The minimum atomic E-state index is -0.251. The minimum Gasteiger partial charge on any atom is -0.480 e. The van der Waals surface area contributed by atoms with Gasteiger partial charge < -0.3 is 24.4 Å². The van der Waals surface area contributed by atoms with Crippen molar-refractivity contribution in [3.05, 3.63) is 45.8 Å². The monoisotopic (exact) mass is 540 g/mol. The molecule has 10 heteroatoms. The van der Waals surface area contributed by atoms with E-state index in [9.17, 15) is 9.59 Å². The molecule has 1 atom stereocenters. The number of Topliss-reactive ketones (excluding diaryl/α,β-unsaturated/α-hetero) is 1. The summed E-state index contributed by atoms with van der Waals surface area (Å²) in [6, 6.07) is 7.44. The first-order valence-electron chi connectivity index (χ1n) is 13.3. The highest BCUT2D eigenvalue weighted by Gasteiger charge is 2.21. The Hall–Kier alpha value is -3.17. The number of likely N-dealkylation sites (N-methyl/N-ethyl adjacent to an activating group) is 1. The standard InChI is InChI=1S/C28H37ClN6O3/c1-5-19-8-7-11-34(17-19)28-30-16-23(29)26(32-28)31-21-9-10-24-20(14-21)15-25(38-18-22(36)6-2)27(37)35(24)13-12-33(3)4/h9-10,14-16,19H,5-8,11-13,17-18H2,1-4H3,(H,30,31,32)/t19-/m0/s1. The van der Waals surface area contributed by atoms with Gasteiger partial charge in [-0.25, -0.2) is 4.98 Å². The Balaban J connectivity index is 1.66. The molecular formula is C28H37ClN6O3. The highest BCUT2D eigenvalue weighted by molar-refractivity contribution is 6.32. The van der Waals surface area contributed by atoms with Crippen LogP contribution >= 0.6 is 11.6 Å². The predicted molar refractivity (Wildman–Crippen MR) is 153 cm³/mol. The van der Waals surface area contributed by atoms with Gasteiger partial charge in [0.2, 0.25) is 5.95 Å². The summed E-state index contributed by atoms with van der Waals surface area (Å²) in [4.78, 5) is 38.5. The average molecular weight is 541 g/mol. The van der Waals surface area contributed by atoms with Crippen molar-refractivity contribution in [2.24, 2.45) is 5.92 Å². The van der Waals surface area contributed by atoms with Crippen molar-refractivity contribution in [1.82, 2.24) is 19.4 Å². The van der Waals surface area contributed by atoms with Gasteiger partial charge in [0.1, 0.15) is 11.6 Å². The SMILES string of the molecule is CCC(=O)COc1cc2cc(Nc3nc(N4CCC[C@H](CC)C4)ncc3Cl)ccc2n(CCN(C)C)c1=O. The van der Waals surface area contributed by atoms with Crippen molar-refractivity contribution < 1.29 is 9.53 Å². The number of hydrogen-bond donors (Lipinski definition) is 1. The highest BCUT2D eigenvalue weighted by Crippen LogP contribution is 2.29. The molecule has 1 fully saturated rings. The van der Waals surface area contributed by atoms with E-state index in [-0.39, 0.29) is 23.7 Å². The summed E-state index contributed by atoms with van der Waals surface area (Å²) in [5, 5.41) is 4.56. The summed E-state index contributed by atoms with van der Waals surface area (Å²) in [7, 11) is 3.92. The predicted octanol–water partition coefficient (Wildman–Crippen LogP) is 4.73. The molecule has 0 aliphatic carbocycles. The van der Waals surface area contributed by atoms with Crippen LogP contribution in [0.15, 0.2) is 35.3 Å². The number of ether oxygens (including phenoxy) is 1. The molecule has 3 heterocycles. The van der Waals surface area contributed by atoms with Gasteiger partial charge in [-0.15, -0.1) is 0 Å². The third-order valence-corrected chi connectivity index (χ3v) is 7.26. The fourth-order valence-electron chi connectivity index (χ4n) is 4.64. The van der Waals surface area contributed by atoms with Gasteiger partial charge in [0.15, 0.2) is 17.4 Å². The molecule has 2 aromatic heterocycles. The maximum Gasteiger partial charge on any atom is 0.293 e. The van der Waals surface area contributed by atoms with Gasteiger partial charge in [0.25, 0.3) is 5.56 Å². The number of anilines is 3. The zero-order valence-corrected chi connectivity index (χ0v) is 23.4. The third kappa shape index (κ3) is 6.63. The molecule has 0 unspecified atom stereocenters. The molecule has 0 spiro atoms. The van der Waals surface area contributed by atoms with Gasteiger partial charge in [-0.3, -0.25) is 9.59 Å². The molecule has 9 nitrogen and oxygen atoms in total. The summed E-state index contributed by atoms with van der Waals surface area (Å²) < 4.78 is 7.35. The van der Waals surface area contributed by atoms with E-state index >= 15 is 0 Å². The van der Waals surface area contributed by atoms with Crippen LogP contribution in [0.4, 0.5) is 17.5 Å². The number of halogens is 1. The first-order valence-corrected chi connectivity index (χ1v) is 13.7. The second-order valence-corrected chi connectivity index (χ2v) is 10.5. The number of ketones is 1. The van der Waals surface area contributed by atoms with E-state index in [2.05, 4.69) is 22.1 Å². The average Bonchev–Trinajstić information content (AvgIpc) is 2.92. The van der Waals surface area contributed by atoms with Crippen LogP contribution < -0.4 is 20.5 Å². The van der Waals surface area contributed by atoms with Crippen LogP contribution in [0.2, 0.25) is 5.02 Å². The van der Waals surface area contributed by atoms with Crippen LogP contribution in [0.3, 0.4) is 0 Å². The molecule has 0 saturated carbocycles. The Morgan fingerprint density at radius 1 is 1.26 bits per heavy atom. The van der Waals surface area contributed by atoms with Crippen molar-refractivity contribution >= 4 is 45.7 Å². The van der Waals surface area contributed by atoms with Crippen molar-refractivity contribution in [1.29, 1.82) is 0 Å². The lowest BCUT2D eigenvalue weighted by Gasteiger charge is -2.32. The molecule has 0 radical (unpaired) electrons. The van der Waals surface area contributed by atoms with E-state index in [0.29, 0.717) is 42.2 Å². The zero-order valence-electron chi connectivity index (χ0n) is 22.7. The Morgan fingerprint density at radius 3 is 2.82 bits per heavy atom. The topological polar surface area (TPSA) is 92.6 Å². The highest BCUT2D eigenvalue weighted by atomic mass is 35.5. The van der Waals surface area contributed by atoms with E-state index in [1.165, 1.54) is 6.42 Å². The lowest BCUT2D eigenvalue weighted by molar-refractivity contribution is -0.120. The van der Waals surface area contributed by atoms with E-state index in [1.807, 2.05) is 37.2 Å². The number of hydrogen-bond acceptors (Lipinski definition) is 8. The van der Waals surface area contributed by atoms with E-state index < -0.39 is 0 Å². The van der Waals surface area contributed by atoms with E-state index in [0.717, 1.165) is 42.5 Å². The van der Waals surface area contributed by atoms with Gasteiger partial charge >= 0.3 is 0 Å².